The minimum atomic E-state index is 0.273. The van der Waals surface area contributed by atoms with Crippen LogP contribution in [0.3, 0.4) is 0 Å². The number of rotatable bonds is 6. The average Bonchev–Trinajstić information content (AvgIpc) is 3.44. The molecule has 5 rings (SSSR count). The number of hydrogen-bond donors (Lipinski definition) is 1. The van der Waals surface area contributed by atoms with Crippen LogP contribution >= 0.6 is 0 Å². The van der Waals surface area contributed by atoms with Crippen molar-refractivity contribution >= 4 is 16.9 Å². The molecule has 0 atom stereocenters. The van der Waals surface area contributed by atoms with Gasteiger partial charge in [0.25, 0.3) is 0 Å². The van der Waals surface area contributed by atoms with E-state index in [4.69, 9.17) is 10.5 Å². The van der Waals surface area contributed by atoms with E-state index in [2.05, 4.69) is 63.7 Å². The lowest BCUT2D eigenvalue weighted by Crippen LogP contribution is -2.18. The molecule has 0 saturated carbocycles. The molecule has 1 aliphatic heterocycles. The molecule has 0 amide bonds. The van der Waals surface area contributed by atoms with E-state index in [0.29, 0.717) is 5.82 Å². The van der Waals surface area contributed by atoms with Crippen LogP contribution in [0.4, 0.5) is 5.82 Å². The second-order valence-electron chi connectivity index (χ2n) is 8.72. The molecule has 2 N–H and O–H groups in total. The monoisotopic (exact) mass is 427 g/mol. The Labute approximate surface area is 188 Å². The van der Waals surface area contributed by atoms with Gasteiger partial charge in [-0.15, -0.1) is 0 Å². The molecule has 2 aromatic carbocycles. The molecule has 6 nitrogen and oxygen atoms in total. The molecule has 1 aliphatic rings. The van der Waals surface area contributed by atoms with Gasteiger partial charge in [0.05, 0.1) is 5.39 Å². The molecule has 4 aromatic rings. The van der Waals surface area contributed by atoms with Gasteiger partial charge in [0.1, 0.15) is 29.3 Å². The van der Waals surface area contributed by atoms with E-state index in [9.17, 15) is 0 Å². The van der Waals surface area contributed by atoms with Crippen molar-refractivity contribution in [1.29, 1.82) is 0 Å². The molecule has 0 unspecified atom stereocenters. The standard InChI is InChI=1S/C26H29N5O/c1-18(2)31-16-22(24-25(27)28-17-29-26(24)31)19-9-11-21(12-10-19)32-23-8-4-3-7-20(23)15-30-13-5-6-14-30/h3-4,7-12,16-18H,5-6,13-15H2,1-2H3,(H2,27,28,29). The summed E-state index contributed by atoms with van der Waals surface area (Å²) >= 11 is 0. The van der Waals surface area contributed by atoms with E-state index in [-0.39, 0.29) is 6.04 Å². The summed E-state index contributed by atoms with van der Waals surface area (Å²) in [4.78, 5) is 11.2. The van der Waals surface area contributed by atoms with Gasteiger partial charge < -0.3 is 15.0 Å². The first-order valence-electron chi connectivity index (χ1n) is 11.3. The van der Waals surface area contributed by atoms with Crippen LogP contribution in [0.2, 0.25) is 0 Å². The fraction of sp³-hybridized carbons (Fsp3) is 0.308. The Hall–Kier alpha value is -3.38. The number of nitrogens with zero attached hydrogens (tertiary/aromatic N) is 4. The van der Waals surface area contributed by atoms with E-state index in [1.54, 1.807) is 0 Å². The Kier molecular flexibility index (Phi) is 5.53. The van der Waals surface area contributed by atoms with Crippen LogP contribution in [0, 0.1) is 0 Å². The van der Waals surface area contributed by atoms with Crippen LogP contribution in [-0.4, -0.2) is 32.5 Å². The first kappa shape index (κ1) is 20.5. The maximum atomic E-state index is 6.28. The number of anilines is 1. The van der Waals surface area contributed by atoms with Crippen molar-refractivity contribution in [1.82, 2.24) is 19.4 Å². The van der Waals surface area contributed by atoms with Crippen molar-refractivity contribution in [2.45, 2.75) is 39.3 Å². The maximum Gasteiger partial charge on any atom is 0.146 e. The van der Waals surface area contributed by atoms with Crippen molar-refractivity contribution in [2.24, 2.45) is 0 Å². The molecular weight excluding hydrogens is 398 g/mol. The van der Waals surface area contributed by atoms with Crippen LogP contribution < -0.4 is 10.5 Å². The van der Waals surface area contributed by atoms with Crippen LogP contribution in [0.25, 0.3) is 22.2 Å². The highest BCUT2D eigenvalue weighted by atomic mass is 16.5. The van der Waals surface area contributed by atoms with E-state index >= 15 is 0 Å². The number of likely N-dealkylation sites (tertiary alicyclic amines) is 1. The largest absolute Gasteiger partial charge is 0.457 e. The molecule has 3 heterocycles. The van der Waals surface area contributed by atoms with Crippen LogP contribution in [0.1, 0.15) is 38.3 Å². The molecule has 0 bridgehead atoms. The van der Waals surface area contributed by atoms with Crippen molar-refractivity contribution in [3.05, 3.63) is 66.6 Å². The second kappa shape index (κ2) is 8.63. The van der Waals surface area contributed by atoms with Gasteiger partial charge in [-0.25, -0.2) is 9.97 Å². The fourth-order valence-corrected chi connectivity index (χ4v) is 4.47. The Balaban J connectivity index is 1.43. The zero-order valence-corrected chi connectivity index (χ0v) is 18.7. The van der Waals surface area contributed by atoms with Gasteiger partial charge in [0.2, 0.25) is 0 Å². The summed E-state index contributed by atoms with van der Waals surface area (Å²) < 4.78 is 8.42. The summed E-state index contributed by atoms with van der Waals surface area (Å²) in [7, 11) is 0. The van der Waals surface area contributed by atoms with Crippen molar-refractivity contribution in [3.8, 4) is 22.6 Å². The Morgan fingerprint density at radius 2 is 1.75 bits per heavy atom. The second-order valence-corrected chi connectivity index (χ2v) is 8.72. The molecular formula is C26H29N5O. The van der Waals surface area contributed by atoms with Crippen molar-refractivity contribution in [3.63, 3.8) is 0 Å². The zero-order valence-electron chi connectivity index (χ0n) is 18.7. The van der Waals surface area contributed by atoms with Gasteiger partial charge in [-0.2, -0.15) is 0 Å². The third-order valence-corrected chi connectivity index (χ3v) is 6.15. The highest BCUT2D eigenvalue weighted by molar-refractivity contribution is 6.00. The number of nitrogens with two attached hydrogens (primary N) is 1. The average molecular weight is 428 g/mol. The highest BCUT2D eigenvalue weighted by Crippen LogP contribution is 2.35. The van der Waals surface area contributed by atoms with E-state index in [0.717, 1.165) is 40.2 Å². The van der Waals surface area contributed by atoms with Gasteiger partial charge >= 0.3 is 0 Å². The zero-order chi connectivity index (χ0) is 22.1. The third kappa shape index (κ3) is 3.94. The lowest BCUT2D eigenvalue weighted by Gasteiger charge is -2.17. The molecule has 6 heteroatoms. The van der Waals surface area contributed by atoms with E-state index < -0.39 is 0 Å². The molecule has 0 radical (unpaired) electrons. The number of ether oxygens (including phenoxy) is 1. The smallest absolute Gasteiger partial charge is 0.146 e. The number of fused-ring (bicyclic) bond motifs is 1. The maximum absolute atomic E-state index is 6.28. The van der Waals surface area contributed by atoms with E-state index in [1.807, 2.05) is 24.3 Å². The molecule has 32 heavy (non-hydrogen) atoms. The third-order valence-electron chi connectivity index (χ3n) is 6.15. The highest BCUT2D eigenvalue weighted by Gasteiger charge is 2.17. The van der Waals surface area contributed by atoms with Crippen molar-refractivity contribution in [2.75, 3.05) is 18.8 Å². The number of aromatic nitrogens is 3. The first-order chi connectivity index (χ1) is 15.6. The predicted octanol–water partition coefficient (Wildman–Crippen LogP) is 5.65. The van der Waals surface area contributed by atoms with Gasteiger partial charge in [-0.1, -0.05) is 30.3 Å². The fourth-order valence-electron chi connectivity index (χ4n) is 4.47. The van der Waals surface area contributed by atoms with Gasteiger partial charge in [0, 0.05) is 29.9 Å². The summed E-state index contributed by atoms with van der Waals surface area (Å²) in [6.45, 7) is 7.54. The summed E-state index contributed by atoms with van der Waals surface area (Å²) in [5, 5.41) is 0.894. The molecule has 0 spiro atoms. The minimum Gasteiger partial charge on any atom is -0.457 e. The minimum absolute atomic E-state index is 0.273. The summed E-state index contributed by atoms with van der Waals surface area (Å²) in [6, 6.07) is 16.8. The Morgan fingerprint density at radius 3 is 2.50 bits per heavy atom. The molecule has 2 aromatic heterocycles. The van der Waals surface area contributed by atoms with Crippen LogP contribution in [-0.2, 0) is 6.54 Å². The molecule has 1 saturated heterocycles. The molecule has 0 aliphatic carbocycles. The van der Waals surface area contributed by atoms with E-state index in [1.165, 1.54) is 37.8 Å². The lowest BCUT2D eigenvalue weighted by molar-refractivity contribution is 0.325. The van der Waals surface area contributed by atoms with Gasteiger partial charge in [0.15, 0.2) is 0 Å². The number of hydrogen-bond acceptors (Lipinski definition) is 5. The van der Waals surface area contributed by atoms with Crippen molar-refractivity contribution < 1.29 is 4.74 Å². The number of nitrogen functional groups attached to an aromatic ring is 1. The first-order valence-corrected chi connectivity index (χ1v) is 11.3. The Bertz CT molecular complexity index is 1220. The molecule has 164 valence electrons. The topological polar surface area (TPSA) is 69.2 Å². The quantitative estimate of drug-likeness (QED) is 0.431. The number of benzene rings is 2. The van der Waals surface area contributed by atoms with Crippen LogP contribution in [0.5, 0.6) is 11.5 Å². The summed E-state index contributed by atoms with van der Waals surface area (Å²) in [5.74, 6) is 2.24. The van der Waals surface area contributed by atoms with Crippen LogP contribution in [0.15, 0.2) is 61.1 Å². The molecule has 1 fully saturated rings. The lowest BCUT2D eigenvalue weighted by atomic mass is 10.1. The predicted molar refractivity (Wildman–Crippen MR) is 129 cm³/mol. The van der Waals surface area contributed by atoms with Gasteiger partial charge in [-0.05, 0) is 63.5 Å². The normalized spacial score (nSPS) is 14.5. The Morgan fingerprint density at radius 1 is 1.00 bits per heavy atom. The summed E-state index contributed by atoms with van der Waals surface area (Å²) in [5.41, 5.74) is 10.4. The SMILES string of the molecule is CC(C)n1cc(-c2ccc(Oc3ccccc3CN3CCCC3)cc2)c2c(N)ncnc21. The van der Waals surface area contributed by atoms with Gasteiger partial charge in [-0.3, -0.25) is 4.90 Å². The number of para-hydroxylation sites is 1. The summed E-state index contributed by atoms with van der Waals surface area (Å²) in [6.07, 6.45) is 6.21.